The highest BCUT2D eigenvalue weighted by atomic mass is 32.2. The van der Waals surface area contributed by atoms with Gasteiger partial charge in [0, 0.05) is 17.0 Å². The maximum absolute atomic E-state index is 11.8. The van der Waals surface area contributed by atoms with Gasteiger partial charge in [0.15, 0.2) is 11.5 Å². The minimum absolute atomic E-state index is 0.0142. The molecule has 0 unspecified atom stereocenters. The number of methoxy groups -OCH3 is 2. The van der Waals surface area contributed by atoms with E-state index in [0.717, 1.165) is 10.5 Å². The molecule has 25 heavy (non-hydrogen) atoms. The molecule has 0 aromatic heterocycles. The van der Waals surface area contributed by atoms with Crippen LogP contribution in [-0.4, -0.2) is 30.9 Å². The number of rotatable bonds is 8. The molecule has 0 radical (unpaired) electrons. The molecule has 2 aromatic carbocycles. The molecule has 0 heterocycles. The maximum Gasteiger partial charge on any atom is 0.316 e. The van der Waals surface area contributed by atoms with Crippen molar-refractivity contribution in [2.24, 2.45) is 0 Å². The highest BCUT2D eigenvalue weighted by molar-refractivity contribution is 8.00. The first-order valence-corrected chi connectivity index (χ1v) is 8.26. The van der Waals surface area contributed by atoms with E-state index in [2.05, 4.69) is 0 Å². The van der Waals surface area contributed by atoms with Gasteiger partial charge in [-0.2, -0.15) is 0 Å². The molecule has 0 atom stereocenters. The second-order valence-electron chi connectivity index (χ2n) is 4.89. The van der Waals surface area contributed by atoms with Gasteiger partial charge in [-0.1, -0.05) is 6.07 Å². The molecular weight excluding hydrogens is 346 g/mol. The Hall–Kier alpha value is -2.74. The minimum atomic E-state index is -0.466. The van der Waals surface area contributed by atoms with Crippen molar-refractivity contribution in [1.82, 2.24) is 0 Å². The average Bonchev–Trinajstić information content (AvgIpc) is 2.64. The molecule has 0 aliphatic heterocycles. The van der Waals surface area contributed by atoms with Crippen molar-refractivity contribution < 1.29 is 23.9 Å². The first kappa shape index (κ1) is 18.6. The molecule has 0 saturated heterocycles. The molecule has 0 aliphatic carbocycles. The van der Waals surface area contributed by atoms with Crippen LogP contribution in [0.15, 0.2) is 47.4 Å². The molecule has 8 heteroatoms. The monoisotopic (exact) mass is 363 g/mol. The first-order valence-electron chi connectivity index (χ1n) is 7.27. The van der Waals surface area contributed by atoms with Crippen LogP contribution in [0.5, 0.6) is 11.5 Å². The smallest absolute Gasteiger partial charge is 0.316 e. The number of hydrogen-bond acceptors (Lipinski definition) is 7. The van der Waals surface area contributed by atoms with Crippen LogP contribution >= 0.6 is 11.8 Å². The molecule has 0 N–H and O–H groups in total. The summed E-state index contributed by atoms with van der Waals surface area (Å²) in [5.74, 6) is 0.909. The molecule has 0 spiro atoms. The molecule has 2 rings (SSSR count). The molecule has 0 fully saturated rings. The molecule has 132 valence electrons. The third kappa shape index (κ3) is 5.39. The van der Waals surface area contributed by atoms with E-state index in [1.807, 2.05) is 0 Å². The number of benzene rings is 2. The van der Waals surface area contributed by atoms with Gasteiger partial charge in [0.05, 0.1) is 24.9 Å². The average molecular weight is 363 g/mol. The summed E-state index contributed by atoms with van der Waals surface area (Å²) in [4.78, 5) is 22.7. The number of carbonyl (C=O) groups excluding carboxylic acids is 1. The Bertz CT molecular complexity index is 747. The fourth-order valence-corrected chi connectivity index (χ4v) is 2.68. The zero-order valence-corrected chi connectivity index (χ0v) is 14.6. The fraction of sp³-hybridized carbons (Fsp3) is 0.235. The molecule has 0 amide bonds. The van der Waals surface area contributed by atoms with Gasteiger partial charge in [0.25, 0.3) is 5.69 Å². The SMILES string of the molecule is COc1ccc(COC(=O)CSc2ccc([N+](=O)[O-])cc2)cc1OC. The summed E-state index contributed by atoms with van der Waals surface area (Å²) in [7, 11) is 3.08. The Balaban J connectivity index is 1.83. The van der Waals surface area contributed by atoms with Crippen LogP contribution in [0.2, 0.25) is 0 Å². The Morgan fingerprint density at radius 2 is 1.76 bits per heavy atom. The molecular formula is C17H17NO6S. The maximum atomic E-state index is 11.8. The van der Waals surface area contributed by atoms with Gasteiger partial charge in [-0.05, 0) is 29.8 Å². The number of nitro benzene ring substituents is 1. The predicted octanol–water partition coefficient (Wildman–Crippen LogP) is 3.45. The highest BCUT2D eigenvalue weighted by Gasteiger charge is 2.09. The Morgan fingerprint density at radius 3 is 2.36 bits per heavy atom. The van der Waals surface area contributed by atoms with Crippen molar-refractivity contribution in [1.29, 1.82) is 0 Å². The van der Waals surface area contributed by atoms with Crippen molar-refractivity contribution in [2.75, 3.05) is 20.0 Å². The number of nitro groups is 1. The zero-order valence-electron chi connectivity index (χ0n) is 13.8. The van der Waals surface area contributed by atoms with Gasteiger partial charge < -0.3 is 14.2 Å². The summed E-state index contributed by atoms with van der Waals surface area (Å²) in [6.07, 6.45) is 0. The molecule has 0 saturated carbocycles. The quantitative estimate of drug-likeness (QED) is 0.307. The van der Waals surface area contributed by atoms with Crippen LogP contribution in [-0.2, 0) is 16.1 Å². The van der Waals surface area contributed by atoms with Crippen molar-refractivity contribution in [2.45, 2.75) is 11.5 Å². The zero-order chi connectivity index (χ0) is 18.2. The van der Waals surface area contributed by atoms with Gasteiger partial charge in [0.1, 0.15) is 6.61 Å². The van der Waals surface area contributed by atoms with Gasteiger partial charge in [0.2, 0.25) is 0 Å². The minimum Gasteiger partial charge on any atom is -0.493 e. The van der Waals surface area contributed by atoms with Crippen LogP contribution in [0.25, 0.3) is 0 Å². The molecule has 2 aromatic rings. The highest BCUT2D eigenvalue weighted by Crippen LogP contribution is 2.28. The van der Waals surface area contributed by atoms with E-state index >= 15 is 0 Å². The van der Waals surface area contributed by atoms with Crippen LogP contribution in [0, 0.1) is 10.1 Å². The van der Waals surface area contributed by atoms with E-state index in [9.17, 15) is 14.9 Å². The van der Waals surface area contributed by atoms with Crippen LogP contribution in [0.3, 0.4) is 0 Å². The summed E-state index contributed by atoms with van der Waals surface area (Å²) >= 11 is 1.26. The van der Waals surface area contributed by atoms with E-state index < -0.39 is 4.92 Å². The lowest BCUT2D eigenvalue weighted by Crippen LogP contribution is -2.07. The summed E-state index contributed by atoms with van der Waals surface area (Å²) < 4.78 is 15.6. The lowest BCUT2D eigenvalue weighted by Gasteiger charge is -2.10. The van der Waals surface area contributed by atoms with Crippen molar-refractivity contribution in [3.63, 3.8) is 0 Å². The van der Waals surface area contributed by atoms with Crippen molar-refractivity contribution >= 4 is 23.4 Å². The second-order valence-corrected chi connectivity index (χ2v) is 5.94. The van der Waals surface area contributed by atoms with Gasteiger partial charge >= 0.3 is 5.97 Å². The molecule has 0 aliphatic rings. The topological polar surface area (TPSA) is 87.9 Å². The van der Waals surface area contributed by atoms with Crippen molar-refractivity contribution in [3.05, 3.63) is 58.1 Å². The number of ether oxygens (including phenoxy) is 3. The lowest BCUT2D eigenvalue weighted by molar-refractivity contribution is -0.384. The van der Waals surface area contributed by atoms with Crippen LogP contribution in [0.4, 0.5) is 5.69 Å². The number of hydrogen-bond donors (Lipinski definition) is 0. The normalized spacial score (nSPS) is 10.2. The van der Waals surface area contributed by atoms with E-state index in [-0.39, 0.29) is 24.0 Å². The fourth-order valence-electron chi connectivity index (χ4n) is 1.98. The standard InChI is InChI=1S/C17H17NO6S/c1-22-15-8-3-12(9-16(15)23-2)10-24-17(19)11-25-14-6-4-13(5-7-14)18(20)21/h3-9H,10-11H2,1-2H3. The number of esters is 1. The summed E-state index contributed by atoms with van der Waals surface area (Å²) in [5.41, 5.74) is 0.798. The largest absolute Gasteiger partial charge is 0.493 e. The van der Waals surface area contributed by atoms with Gasteiger partial charge in [-0.15, -0.1) is 11.8 Å². The summed E-state index contributed by atoms with van der Waals surface area (Å²) in [5, 5.41) is 10.6. The van der Waals surface area contributed by atoms with Crippen LogP contribution < -0.4 is 9.47 Å². The van der Waals surface area contributed by atoms with Gasteiger partial charge in [-0.25, -0.2) is 0 Å². The Kier molecular flexibility index (Phi) is 6.64. The summed E-state index contributed by atoms with van der Waals surface area (Å²) in [6, 6.07) is 11.3. The van der Waals surface area contributed by atoms with E-state index in [1.54, 1.807) is 37.4 Å². The Labute approximate surface area is 149 Å². The van der Waals surface area contributed by atoms with Crippen LogP contribution in [0.1, 0.15) is 5.56 Å². The third-order valence-corrected chi connectivity index (χ3v) is 4.24. The summed E-state index contributed by atoms with van der Waals surface area (Å²) in [6.45, 7) is 0.125. The molecule has 7 nitrogen and oxygen atoms in total. The first-order chi connectivity index (χ1) is 12.0. The lowest BCUT2D eigenvalue weighted by atomic mass is 10.2. The third-order valence-electron chi connectivity index (χ3n) is 3.25. The van der Waals surface area contributed by atoms with E-state index in [1.165, 1.54) is 31.0 Å². The van der Waals surface area contributed by atoms with E-state index in [0.29, 0.717) is 11.5 Å². The molecule has 0 bridgehead atoms. The van der Waals surface area contributed by atoms with E-state index in [4.69, 9.17) is 14.2 Å². The predicted molar refractivity (Wildman–Crippen MR) is 93.2 cm³/mol. The second kappa shape index (κ2) is 8.93. The van der Waals surface area contributed by atoms with Gasteiger partial charge in [-0.3, -0.25) is 14.9 Å². The Morgan fingerprint density at radius 1 is 1.08 bits per heavy atom. The number of non-ortho nitro benzene ring substituents is 1. The van der Waals surface area contributed by atoms with Crippen molar-refractivity contribution in [3.8, 4) is 11.5 Å². The number of carbonyl (C=O) groups is 1. The number of thioether (sulfide) groups is 1. The number of nitrogens with zero attached hydrogens (tertiary/aromatic N) is 1.